The van der Waals surface area contributed by atoms with Gasteiger partial charge in [-0.3, -0.25) is 0 Å². The van der Waals surface area contributed by atoms with Gasteiger partial charge in [0.2, 0.25) is 17.1 Å². The van der Waals surface area contributed by atoms with E-state index < -0.39 is 0 Å². The van der Waals surface area contributed by atoms with Gasteiger partial charge in [-0.05, 0) is 54.4 Å². The largest absolute Gasteiger partial charge is 0.497 e. The predicted molar refractivity (Wildman–Crippen MR) is 136 cm³/mol. The van der Waals surface area contributed by atoms with Crippen molar-refractivity contribution in [3.63, 3.8) is 0 Å². The van der Waals surface area contributed by atoms with Gasteiger partial charge in [0.25, 0.3) is 0 Å². The van der Waals surface area contributed by atoms with Crippen molar-refractivity contribution in [2.75, 3.05) is 7.11 Å². The quantitative estimate of drug-likeness (QED) is 0.268. The van der Waals surface area contributed by atoms with Crippen LogP contribution in [0.1, 0.15) is 5.56 Å². The maximum atomic E-state index is 5.41. The van der Waals surface area contributed by atoms with Gasteiger partial charge in [-0.15, -0.1) is 0 Å². The summed E-state index contributed by atoms with van der Waals surface area (Å²) in [6.07, 6.45) is 0. The Balaban J connectivity index is 1.85. The van der Waals surface area contributed by atoms with Gasteiger partial charge in [0.05, 0.1) is 7.11 Å². The van der Waals surface area contributed by atoms with Crippen LogP contribution in [0.4, 0.5) is 0 Å². The molecule has 0 fully saturated rings. The average molecular weight is 429 g/mol. The smallest absolute Gasteiger partial charge is 0.219 e. The van der Waals surface area contributed by atoms with Crippen LogP contribution in [-0.4, -0.2) is 7.11 Å². The zero-order valence-corrected chi connectivity index (χ0v) is 18.9. The van der Waals surface area contributed by atoms with Gasteiger partial charge >= 0.3 is 0 Å². The molecule has 0 aliphatic heterocycles. The van der Waals surface area contributed by atoms with E-state index in [1.54, 1.807) is 7.11 Å². The molecule has 2 nitrogen and oxygen atoms in total. The first-order valence-electron chi connectivity index (χ1n) is 11.2. The van der Waals surface area contributed by atoms with Gasteiger partial charge in [-0.25, -0.2) is 0 Å². The molecule has 5 aromatic rings. The number of methoxy groups -OCH3 is 1. The van der Waals surface area contributed by atoms with E-state index in [1.165, 1.54) is 22.3 Å². The molecule has 5 rings (SSSR count). The number of hydrogen-bond acceptors (Lipinski definition) is 1. The first-order chi connectivity index (χ1) is 16.2. The fourth-order valence-corrected chi connectivity index (χ4v) is 4.16. The summed E-state index contributed by atoms with van der Waals surface area (Å²) in [5, 5.41) is 0. The van der Waals surface area contributed by atoms with Gasteiger partial charge in [-0.1, -0.05) is 66.2 Å². The fraction of sp³-hybridized carbons (Fsp3) is 0.0645. The highest BCUT2D eigenvalue weighted by molar-refractivity contribution is 5.74. The highest BCUT2D eigenvalue weighted by Crippen LogP contribution is 2.31. The molecule has 0 atom stereocenters. The van der Waals surface area contributed by atoms with E-state index in [-0.39, 0.29) is 0 Å². The van der Waals surface area contributed by atoms with E-state index in [0.29, 0.717) is 0 Å². The maximum Gasteiger partial charge on any atom is 0.219 e. The Kier molecular flexibility index (Phi) is 5.73. The third-order valence-corrected chi connectivity index (χ3v) is 5.92. The zero-order chi connectivity index (χ0) is 22.6. The van der Waals surface area contributed by atoms with Crippen LogP contribution in [-0.2, 0) is 0 Å². The SMILES string of the molecule is COc1ccc(-c2cc(-c3ccccc3)cc(-c3ccccc3)[n+]2-c2ccc(C)cc2)cc1. The van der Waals surface area contributed by atoms with E-state index in [2.05, 4.69) is 121 Å². The first kappa shape index (κ1) is 20.7. The van der Waals surface area contributed by atoms with E-state index in [0.717, 1.165) is 28.4 Å². The molecule has 0 radical (unpaired) electrons. The molecule has 4 aromatic carbocycles. The third kappa shape index (κ3) is 4.28. The van der Waals surface area contributed by atoms with Gasteiger partial charge < -0.3 is 4.74 Å². The maximum absolute atomic E-state index is 5.41. The van der Waals surface area contributed by atoms with Gasteiger partial charge in [0.15, 0.2) is 0 Å². The van der Waals surface area contributed by atoms with Gasteiger partial charge in [0.1, 0.15) is 5.75 Å². The summed E-state index contributed by atoms with van der Waals surface area (Å²) >= 11 is 0. The number of ether oxygens (including phenoxy) is 1. The monoisotopic (exact) mass is 428 g/mol. The van der Waals surface area contributed by atoms with E-state index in [4.69, 9.17) is 4.74 Å². The number of aromatic nitrogens is 1. The molecular formula is C31H26NO+. The number of benzene rings is 4. The average Bonchev–Trinajstić information content (AvgIpc) is 2.89. The zero-order valence-electron chi connectivity index (χ0n) is 18.9. The third-order valence-electron chi connectivity index (χ3n) is 5.92. The van der Waals surface area contributed by atoms with Crippen molar-refractivity contribution in [1.29, 1.82) is 0 Å². The van der Waals surface area contributed by atoms with Crippen molar-refractivity contribution in [3.8, 4) is 45.1 Å². The van der Waals surface area contributed by atoms with Crippen LogP contribution in [0.25, 0.3) is 39.3 Å². The lowest BCUT2D eigenvalue weighted by molar-refractivity contribution is -0.572. The van der Waals surface area contributed by atoms with Gasteiger partial charge in [-0.2, -0.15) is 4.57 Å². The molecule has 1 heterocycles. The minimum atomic E-state index is 0.850. The predicted octanol–water partition coefficient (Wildman–Crippen LogP) is 7.28. The lowest BCUT2D eigenvalue weighted by Crippen LogP contribution is -2.36. The molecule has 0 aliphatic carbocycles. The van der Waals surface area contributed by atoms with Crippen LogP contribution in [0.2, 0.25) is 0 Å². The second kappa shape index (κ2) is 9.13. The van der Waals surface area contributed by atoms with Crippen LogP contribution in [0.3, 0.4) is 0 Å². The Morgan fingerprint density at radius 2 is 1.03 bits per heavy atom. The molecule has 0 bridgehead atoms. The fourth-order valence-electron chi connectivity index (χ4n) is 4.16. The van der Waals surface area contributed by atoms with Crippen LogP contribution < -0.4 is 9.30 Å². The molecule has 160 valence electrons. The molecule has 0 amide bonds. The van der Waals surface area contributed by atoms with Crippen LogP contribution >= 0.6 is 0 Å². The van der Waals surface area contributed by atoms with Gasteiger partial charge in [0, 0.05) is 35.4 Å². The van der Waals surface area contributed by atoms with E-state index in [9.17, 15) is 0 Å². The van der Waals surface area contributed by atoms with Crippen molar-refractivity contribution in [2.45, 2.75) is 6.92 Å². The summed E-state index contributed by atoms with van der Waals surface area (Å²) < 4.78 is 7.76. The van der Waals surface area contributed by atoms with Crippen LogP contribution in [0, 0.1) is 6.92 Å². The van der Waals surface area contributed by atoms with Crippen molar-refractivity contribution in [3.05, 3.63) is 127 Å². The second-order valence-electron chi connectivity index (χ2n) is 8.15. The Hall–Kier alpha value is -4.17. The minimum absolute atomic E-state index is 0.850. The molecule has 0 N–H and O–H groups in total. The Morgan fingerprint density at radius 1 is 0.515 bits per heavy atom. The molecule has 0 saturated carbocycles. The summed E-state index contributed by atoms with van der Waals surface area (Å²) in [6.45, 7) is 2.12. The highest BCUT2D eigenvalue weighted by atomic mass is 16.5. The highest BCUT2D eigenvalue weighted by Gasteiger charge is 2.24. The van der Waals surface area contributed by atoms with Crippen LogP contribution in [0.5, 0.6) is 5.75 Å². The van der Waals surface area contributed by atoms with Crippen molar-refractivity contribution in [1.82, 2.24) is 0 Å². The Morgan fingerprint density at radius 3 is 1.58 bits per heavy atom. The molecule has 2 heteroatoms. The van der Waals surface area contributed by atoms with Crippen molar-refractivity contribution >= 4 is 0 Å². The number of rotatable bonds is 5. The number of aryl methyl sites for hydroxylation is 1. The summed E-state index contributed by atoms with van der Waals surface area (Å²) in [4.78, 5) is 0. The van der Waals surface area contributed by atoms with E-state index in [1.807, 2.05) is 12.1 Å². The summed E-state index contributed by atoms with van der Waals surface area (Å²) in [5.74, 6) is 0.850. The first-order valence-corrected chi connectivity index (χ1v) is 11.2. The topological polar surface area (TPSA) is 13.1 Å². The summed E-state index contributed by atoms with van der Waals surface area (Å²) in [5.41, 5.74) is 9.33. The van der Waals surface area contributed by atoms with E-state index >= 15 is 0 Å². The molecule has 0 saturated heterocycles. The molecule has 0 spiro atoms. The standard InChI is InChI=1S/C31H26NO/c1-23-13-17-28(18-14-23)32-30(25-11-7-4-8-12-25)21-27(24-9-5-3-6-10-24)22-31(32)26-15-19-29(33-2)20-16-26/h3-22H,1-2H3/q+1. The number of nitrogens with zero attached hydrogens (tertiary/aromatic N) is 1. The molecular weight excluding hydrogens is 402 g/mol. The Bertz CT molecular complexity index is 1360. The second-order valence-corrected chi connectivity index (χ2v) is 8.15. The van der Waals surface area contributed by atoms with Crippen molar-refractivity contribution < 1.29 is 9.30 Å². The Labute approximate surface area is 195 Å². The van der Waals surface area contributed by atoms with Crippen LogP contribution in [0.15, 0.2) is 121 Å². The lowest BCUT2D eigenvalue weighted by Gasteiger charge is -2.13. The minimum Gasteiger partial charge on any atom is -0.497 e. The summed E-state index contributed by atoms with van der Waals surface area (Å²) in [7, 11) is 1.70. The summed E-state index contributed by atoms with van der Waals surface area (Å²) in [6, 6.07) is 42.7. The lowest BCUT2D eigenvalue weighted by atomic mass is 9.98. The van der Waals surface area contributed by atoms with Crippen molar-refractivity contribution in [2.24, 2.45) is 0 Å². The molecule has 33 heavy (non-hydrogen) atoms. The number of pyridine rings is 1. The molecule has 1 aromatic heterocycles. The number of hydrogen-bond donors (Lipinski definition) is 0. The molecule has 0 aliphatic rings. The normalized spacial score (nSPS) is 10.7. The molecule has 0 unspecified atom stereocenters.